The van der Waals surface area contributed by atoms with E-state index in [1.54, 1.807) is 7.11 Å². The summed E-state index contributed by atoms with van der Waals surface area (Å²) >= 11 is 1.34. The van der Waals surface area contributed by atoms with Crippen molar-refractivity contribution in [3.8, 4) is 5.75 Å². The third kappa shape index (κ3) is 3.86. The van der Waals surface area contributed by atoms with Crippen LogP contribution in [0.15, 0.2) is 0 Å². The van der Waals surface area contributed by atoms with Gasteiger partial charge in [-0.25, -0.2) is 0 Å². The molecule has 0 saturated carbocycles. The lowest BCUT2D eigenvalue weighted by molar-refractivity contribution is 0.396. The molecule has 0 aliphatic heterocycles. The number of aromatic nitrogens is 1. The minimum Gasteiger partial charge on any atom is -0.490 e. The molecule has 0 aliphatic carbocycles. The van der Waals surface area contributed by atoms with Crippen molar-refractivity contribution < 1.29 is 4.74 Å². The van der Waals surface area contributed by atoms with E-state index in [2.05, 4.69) is 28.7 Å². The SMILES string of the molecule is COc1c(N)nsc1NCCCCN(C)C. The molecule has 5 nitrogen and oxygen atoms in total. The highest BCUT2D eigenvalue weighted by Gasteiger charge is 2.10. The van der Waals surface area contributed by atoms with Gasteiger partial charge >= 0.3 is 0 Å². The first-order valence-corrected chi connectivity index (χ1v) is 6.10. The minimum atomic E-state index is 0.461. The normalized spacial score (nSPS) is 10.8. The summed E-state index contributed by atoms with van der Waals surface area (Å²) < 4.78 is 9.20. The molecule has 92 valence electrons. The van der Waals surface area contributed by atoms with Crippen molar-refractivity contribution in [1.82, 2.24) is 9.27 Å². The van der Waals surface area contributed by atoms with Crippen molar-refractivity contribution in [2.75, 3.05) is 45.3 Å². The fraction of sp³-hybridized carbons (Fsp3) is 0.700. The molecule has 0 aliphatic rings. The van der Waals surface area contributed by atoms with E-state index in [1.165, 1.54) is 18.0 Å². The van der Waals surface area contributed by atoms with Crippen LogP contribution in [0, 0.1) is 0 Å². The van der Waals surface area contributed by atoms with Gasteiger partial charge in [-0.05, 0) is 45.0 Å². The standard InChI is InChI=1S/C10H20N4OS/c1-14(2)7-5-4-6-12-10-8(15-3)9(11)13-16-10/h12H,4-7H2,1-3H3,(H2,11,13). The third-order valence-electron chi connectivity index (χ3n) is 2.20. The van der Waals surface area contributed by atoms with Gasteiger partial charge in [0.25, 0.3) is 0 Å². The van der Waals surface area contributed by atoms with Crippen LogP contribution in [0.2, 0.25) is 0 Å². The van der Waals surface area contributed by atoms with Crippen molar-refractivity contribution in [3.63, 3.8) is 0 Å². The number of methoxy groups -OCH3 is 1. The van der Waals surface area contributed by atoms with Crippen LogP contribution < -0.4 is 15.8 Å². The highest BCUT2D eigenvalue weighted by Crippen LogP contribution is 2.34. The predicted molar refractivity (Wildman–Crippen MR) is 69.4 cm³/mol. The van der Waals surface area contributed by atoms with E-state index in [-0.39, 0.29) is 0 Å². The van der Waals surface area contributed by atoms with Crippen LogP contribution in [0.1, 0.15) is 12.8 Å². The average Bonchev–Trinajstić information content (AvgIpc) is 2.58. The first kappa shape index (κ1) is 13.1. The molecule has 6 heteroatoms. The Labute approximate surface area is 101 Å². The summed E-state index contributed by atoms with van der Waals surface area (Å²) in [4.78, 5) is 2.19. The smallest absolute Gasteiger partial charge is 0.197 e. The first-order chi connectivity index (χ1) is 7.65. The molecule has 1 aromatic rings. The molecule has 1 aromatic heterocycles. The number of anilines is 2. The molecule has 0 amide bonds. The largest absolute Gasteiger partial charge is 0.490 e. The summed E-state index contributed by atoms with van der Waals surface area (Å²) in [6.07, 6.45) is 2.30. The average molecular weight is 244 g/mol. The van der Waals surface area contributed by atoms with Crippen molar-refractivity contribution in [2.24, 2.45) is 0 Å². The molecule has 0 unspecified atom stereocenters. The lowest BCUT2D eigenvalue weighted by Gasteiger charge is -2.09. The molecule has 0 aromatic carbocycles. The number of hydrogen-bond acceptors (Lipinski definition) is 6. The van der Waals surface area contributed by atoms with E-state index in [9.17, 15) is 0 Å². The monoisotopic (exact) mass is 244 g/mol. The van der Waals surface area contributed by atoms with Crippen LogP contribution in [0.3, 0.4) is 0 Å². The third-order valence-corrected chi connectivity index (χ3v) is 3.00. The zero-order chi connectivity index (χ0) is 12.0. The number of nitrogens with one attached hydrogen (secondary N) is 1. The summed E-state index contributed by atoms with van der Waals surface area (Å²) in [6.45, 7) is 2.04. The summed E-state index contributed by atoms with van der Waals surface area (Å²) in [6, 6.07) is 0. The Morgan fingerprint density at radius 3 is 2.81 bits per heavy atom. The maximum absolute atomic E-state index is 5.65. The fourth-order valence-electron chi connectivity index (χ4n) is 1.36. The Hall–Kier alpha value is -1.01. The van der Waals surface area contributed by atoms with Gasteiger partial charge in [0.2, 0.25) is 0 Å². The number of nitrogens with two attached hydrogens (primary N) is 1. The van der Waals surface area contributed by atoms with Crippen LogP contribution >= 0.6 is 11.5 Å². The Bertz CT molecular complexity index is 314. The van der Waals surface area contributed by atoms with Crippen LogP contribution in [0.5, 0.6) is 5.75 Å². The van der Waals surface area contributed by atoms with Crippen LogP contribution in [0.4, 0.5) is 10.8 Å². The Balaban J connectivity index is 2.26. The number of nitrogens with zero attached hydrogens (tertiary/aromatic N) is 2. The summed E-state index contributed by atoms with van der Waals surface area (Å²) in [5, 5.41) is 4.21. The van der Waals surface area contributed by atoms with Crippen molar-refractivity contribution >= 4 is 22.4 Å². The Morgan fingerprint density at radius 2 is 2.19 bits per heavy atom. The lowest BCUT2D eigenvalue weighted by Crippen LogP contribution is -2.14. The topological polar surface area (TPSA) is 63.4 Å². The number of rotatable bonds is 7. The molecule has 0 atom stereocenters. The van der Waals surface area contributed by atoms with Gasteiger partial charge in [0, 0.05) is 6.54 Å². The quantitative estimate of drug-likeness (QED) is 0.711. The zero-order valence-electron chi connectivity index (χ0n) is 10.1. The second-order valence-corrected chi connectivity index (χ2v) is 4.64. The number of unbranched alkanes of at least 4 members (excludes halogenated alkanes) is 1. The molecule has 0 bridgehead atoms. The van der Waals surface area contributed by atoms with E-state index in [4.69, 9.17) is 10.5 Å². The second-order valence-electron chi connectivity index (χ2n) is 3.87. The van der Waals surface area contributed by atoms with Gasteiger partial charge in [0.1, 0.15) is 0 Å². The van der Waals surface area contributed by atoms with Crippen LogP contribution in [0.25, 0.3) is 0 Å². The van der Waals surface area contributed by atoms with E-state index < -0.39 is 0 Å². The van der Waals surface area contributed by atoms with E-state index in [1.807, 2.05) is 0 Å². The van der Waals surface area contributed by atoms with Gasteiger partial charge < -0.3 is 20.7 Å². The van der Waals surface area contributed by atoms with Gasteiger partial charge in [-0.2, -0.15) is 4.37 Å². The molecule has 0 radical (unpaired) electrons. The van der Waals surface area contributed by atoms with Gasteiger partial charge in [0.05, 0.1) is 7.11 Å². The molecule has 0 fully saturated rings. The highest BCUT2D eigenvalue weighted by molar-refractivity contribution is 7.11. The zero-order valence-corrected chi connectivity index (χ0v) is 10.9. The Kier molecular flexibility index (Phi) is 5.34. The Morgan fingerprint density at radius 1 is 1.44 bits per heavy atom. The summed E-state index contributed by atoms with van der Waals surface area (Å²) in [7, 11) is 5.78. The predicted octanol–water partition coefficient (Wildman–Crippen LogP) is 1.49. The molecule has 1 heterocycles. The minimum absolute atomic E-state index is 0.461. The molecular formula is C10H20N4OS. The van der Waals surface area contributed by atoms with Crippen molar-refractivity contribution in [1.29, 1.82) is 0 Å². The lowest BCUT2D eigenvalue weighted by atomic mass is 10.3. The molecular weight excluding hydrogens is 224 g/mol. The van der Waals surface area contributed by atoms with E-state index >= 15 is 0 Å². The summed E-state index contributed by atoms with van der Waals surface area (Å²) in [5.41, 5.74) is 5.65. The van der Waals surface area contributed by atoms with Crippen molar-refractivity contribution in [2.45, 2.75) is 12.8 Å². The number of ether oxygens (including phenoxy) is 1. The molecule has 0 saturated heterocycles. The maximum Gasteiger partial charge on any atom is 0.197 e. The van der Waals surface area contributed by atoms with Crippen LogP contribution in [-0.4, -0.2) is 43.6 Å². The van der Waals surface area contributed by atoms with Gasteiger partial charge in [-0.15, -0.1) is 0 Å². The number of nitrogen functional groups attached to an aromatic ring is 1. The molecule has 16 heavy (non-hydrogen) atoms. The van der Waals surface area contributed by atoms with Crippen LogP contribution in [-0.2, 0) is 0 Å². The van der Waals surface area contributed by atoms with Gasteiger partial charge in [-0.3, -0.25) is 0 Å². The van der Waals surface area contributed by atoms with Gasteiger partial charge in [-0.1, -0.05) is 0 Å². The number of hydrogen-bond donors (Lipinski definition) is 2. The fourth-order valence-corrected chi connectivity index (χ4v) is 2.07. The van der Waals surface area contributed by atoms with E-state index in [0.717, 1.165) is 24.5 Å². The van der Waals surface area contributed by atoms with E-state index in [0.29, 0.717) is 11.6 Å². The summed E-state index contributed by atoms with van der Waals surface area (Å²) in [5.74, 6) is 1.13. The van der Waals surface area contributed by atoms with Gasteiger partial charge in [0.15, 0.2) is 16.6 Å². The van der Waals surface area contributed by atoms with Crippen molar-refractivity contribution in [3.05, 3.63) is 0 Å². The maximum atomic E-state index is 5.65. The molecule has 0 spiro atoms. The molecule has 1 rings (SSSR count). The highest BCUT2D eigenvalue weighted by atomic mass is 32.1. The first-order valence-electron chi connectivity index (χ1n) is 5.33. The molecule has 3 N–H and O–H groups in total. The second kappa shape index (κ2) is 6.55.